The van der Waals surface area contributed by atoms with Gasteiger partial charge in [0.15, 0.2) is 0 Å². The van der Waals surface area contributed by atoms with Gasteiger partial charge in [0, 0.05) is 50.1 Å². The first kappa shape index (κ1) is 12.8. The van der Waals surface area contributed by atoms with Crippen LogP contribution in [0.15, 0.2) is 30.7 Å². The van der Waals surface area contributed by atoms with Gasteiger partial charge in [0.2, 0.25) is 0 Å². The molecule has 20 heavy (non-hydrogen) atoms. The number of fused-ring (bicyclic) bond motifs is 1. The predicted octanol–water partition coefficient (Wildman–Crippen LogP) is 1.59. The highest BCUT2D eigenvalue weighted by Crippen LogP contribution is 2.14. The number of rotatable bonds is 4. The van der Waals surface area contributed by atoms with Gasteiger partial charge in [0.25, 0.3) is 5.91 Å². The Morgan fingerprint density at radius 1 is 1.30 bits per heavy atom. The first-order valence-corrected chi connectivity index (χ1v) is 7.06. The third-order valence-corrected chi connectivity index (χ3v) is 3.57. The number of imidazole rings is 1. The Kier molecular flexibility index (Phi) is 3.76. The second kappa shape index (κ2) is 5.86. The molecule has 104 valence electrons. The molecule has 0 aliphatic carbocycles. The summed E-state index contributed by atoms with van der Waals surface area (Å²) in [4.78, 5) is 20.4. The van der Waals surface area contributed by atoms with Crippen LogP contribution in [0, 0.1) is 0 Å². The lowest BCUT2D eigenvalue weighted by atomic mass is 10.2. The van der Waals surface area contributed by atoms with E-state index in [0.29, 0.717) is 12.1 Å². The minimum Gasteiger partial charge on any atom is -0.352 e. The van der Waals surface area contributed by atoms with Gasteiger partial charge in [-0.05, 0) is 25.0 Å². The molecule has 5 nitrogen and oxygen atoms in total. The minimum absolute atomic E-state index is 0.0589. The summed E-state index contributed by atoms with van der Waals surface area (Å²) in [6.07, 6.45) is 9.68. The molecule has 3 heterocycles. The largest absolute Gasteiger partial charge is 0.352 e. The lowest BCUT2D eigenvalue weighted by Gasteiger charge is -2.11. The van der Waals surface area contributed by atoms with Crippen molar-refractivity contribution in [1.29, 1.82) is 0 Å². The molecule has 1 N–H and O–H groups in total. The standard InChI is InChI=1S/C15H18N4O/c20-15(12-4-7-16-8-5-12)17-9-6-13-11-19-10-2-1-3-14(19)18-13/h4-5,7-8,11H,1-3,6,9-10H2,(H,17,20). The maximum Gasteiger partial charge on any atom is 0.251 e. The van der Waals surface area contributed by atoms with Gasteiger partial charge in [0.05, 0.1) is 5.69 Å². The van der Waals surface area contributed by atoms with Crippen molar-refractivity contribution in [3.63, 3.8) is 0 Å². The van der Waals surface area contributed by atoms with Gasteiger partial charge in [-0.2, -0.15) is 0 Å². The van der Waals surface area contributed by atoms with Gasteiger partial charge in [-0.25, -0.2) is 4.98 Å². The lowest BCUT2D eigenvalue weighted by molar-refractivity contribution is 0.0954. The van der Waals surface area contributed by atoms with Crippen LogP contribution < -0.4 is 5.32 Å². The summed E-state index contributed by atoms with van der Waals surface area (Å²) in [5, 5.41) is 2.91. The summed E-state index contributed by atoms with van der Waals surface area (Å²) in [5.41, 5.74) is 1.71. The van der Waals surface area contributed by atoms with Crippen LogP contribution in [-0.4, -0.2) is 27.0 Å². The molecule has 1 aliphatic rings. The molecule has 5 heteroatoms. The first-order chi connectivity index (χ1) is 9.83. The second-order valence-electron chi connectivity index (χ2n) is 5.04. The topological polar surface area (TPSA) is 59.8 Å². The zero-order valence-corrected chi connectivity index (χ0v) is 11.4. The minimum atomic E-state index is -0.0589. The molecular formula is C15H18N4O. The fourth-order valence-electron chi connectivity index (χ4n) is 2.50. The maximum absolute atomic E-state index is 11.9. The fourth-order valence-corrected chi connectivity index (χ4v) is 2.50. The van der Waals surface area contributed by atoms with Gasteiger partial charge >= 0.3 is 0 Å². The lowest BCUT2D eigenvalue weighted by Crippen LogP contribution is -2.25. The normalized spacial score (nSPS) is 13.8. The Hall–Kier alpha value is -2.17. The molecule has 1 aliphatic heterocycles. The highest BCUT2D eigenvalue weighted by atomic mass is 16.1. The summed E-state index contributed by atoms with van der Waals surface area (Å²) >= 11 is 0. The molecule has 3 rings (SSSR count). The summed E-state index contributed by atoms with van der Waals surface area (Å²) in [7, 11) is 0. The van der Waals surface area contributed by atoms with Crippen LogP contribution in [0.1, 0.15) is 34.7 Å². The highest BCUT2D eigenvalue weighted by molar-refractivity contribution is 5.93. The van der Waals surface area contributed by atoms with Gasteiger partial charge in [0.1, 0.15) is 5.82 Å². The predicted molar refractivity (Wildman–Crippen MR) is 75.4 cm³/mol. The van der Waals surface area contributed by atoms with Crippen molar-refractivity contribution >= 4 is 5.91 Å². The molecule has 0 unspecified atom stereocenters. The van der Waals surface area contributed by atoms with Crippen LogP contribution in [0.25, 0.3) is 0 Å². The van der Waals surface area contributed by atoms with E-state index in [9.17, 15) is 4.79 Å². The van der Waals surface area contributed by atoms with Gasteiger partial charge in [-0.15, -0.1) is 0 Å². The number of hydrogen-bond acceptors (Lipinski definition) is 3. The number of pyridine rings is 1. The monoisotopic (exact) mass is 270 g/mol. The number of amides is 1. The smallest absolute Gasteiger partial charge is 0.251 e. The SMILES string of the molecule is O=C(NCCc1cn2c(n1)CCCC2)c1ccncc1. The molecule has 0 radical (unpaired) electrons. The number of nitrogens with one attached hydrogen (secondary N) is 1. The van der Waals surface area contributed by atoms with E-state index in [1.807, 2.05) is 0 Å². The summed E-state index contributed by atoms with van der Waals surface area (Å²) in [5.74, 6) is 1.13. The van der Waals surface area contributed by atoms with Crippen LogP contribution in [0.5, 0.6) is 0 Å². The molecule has 0 saturated heterocycles. The van der Waals surface area contributed by atoms with E-state index in [-0.39, 0.29) is 5.91 Å². The average Bonchev–Trinajstić information content (AvgIpc) is 2.90. The Morgan fingerprint density at radius 3 is 2.95 bits per heavy atom. The highest BCUT2D eigenvalue weighted by Gasteiger charge is 2.12. The zero-order chi connectivity index (χ0) is 13.8. The zero-order valence-electron chi connectivity index (χ0n) is 11.4. The molecule has 2 aromatic rings. The van der Waals surface area contributed by atoms with Crippen LogP contribution in [0.3, 0.4) is 0 Å². The summed E-state index contributed by atoms with van der Waals surface area (Å²) in [6, 6.07) is 3.43. The Balaban J connectivity index is 1.53. The van der Waals surface area contributed by atoms with Crippen LogP contribution in [0.4, 0.5) is 0 Å². The number of aromatic nitrogens is 3. The van der Waals surface area contributed by atoms with Gasteiger partial charge < -0.3 is 9.88 Å². The molecule has 0 bridgehead atoms. The van der Waals surface area contributed by atoms with Crippen molar-refractivity contribution < 1.29 is 4.79 Å². The number of nitrogens with zero attached hydrogens (tertiary/aromatic N) is 3. The van der Waals surface area contributed by atoms with E-state index in [0.717, 1.165) is 25.1 Å². The van der Waals surface area contributed by atoms with E-state index in [1.165, 1.54) is 18.7 Å². The van der Waals surface area contributed by atoms with E-state index in [1.54, 1.807) is 24.5 Å². The average molecular weight is 270 g/mol. The molecule has 0 saturated carbocycles. The maximum atomic E-state index is 11.9. The third kappa shape index (κ3) is 2.87. The Bertz CT molecular complexity index is 568. The van der Waals surface area contributed by atoms with Crippen molar-refractivity contribution in [3.8, 4) is 0 Å². The first-order valence-electron chi connectivity index (χ1n) is 7.06. The molecule has 0 fully saturated rings. The van der Waals surface area contributed by atoms with Crippen LogP contribution in [-0.2, 0) is 19.4 Å². The molecule has 0 spiro atoms. The van der Waals surface area contributed by atoms with E-state index in [2.05, 4.69) is 26.0 Å². The fraction of sp³-hybridized carbons (Fsp3) is 0.400. The van der Waals surface area contributed by atoms with Gasteiger partial charge in [-0.3, -0.25) is 9.78 Å². The van der Waals surface area contributed by atoms with E-state index in [4.69, 9.17) is 0 Å². The third-order valence-electron chi connectivity index (χ3n) is 3.57. The second-order valence-corrected chi connectivity index (χ2v) is 5.04. The van der Waals surface area contributed by atoms with E-state index < -0.39 is 0 Å². The number of hydrogen-bond donors (Lipinski definition) is 1. The molecule has 0 aromatic carbocycles. The van der Waals surface area contributed by atoms with Crippen LogP contribution >= 0.6 is 0 Å². The molecule has 2 aromatic heterocycles. The summed E-state index contributed by atoms with van der Waals surface area (Å²) < 4.78 is 2.24. The Labute approximate surface area is 118 Å². The van der Waals surface area contributed by atoms with Crippen molar-refractivity contribution in [2.45, 2.75) is 32.2 Å². The van der Waals surface area contributed by atoms with Gasteiger partial charge in [-0.1, -0.05) is 0 Å². The molecular weight excluding hydrogens is 252 g/mol. The molecule has 0 atom stereocenters. The van der Waals surface area contributed by atoms with Crippen molar-refractivity contribution in [3.05, 3.63) is 47.8 Å². The number of carbonyl (C=O) groups is 1. The quantitative estimate of drug-likeness (QED) is 0.917. The van der Waals surface area contributed by atoms with E-state index >= 15 is 0 Å². The van der Waals surface area contributed by atoms with Crippen molar-refractivity contribution in [1.82, 2.24) is 19.9 Å². The van der Waals surface area contributed by atoms with Crippen LogP contribution in [0.2, 0.25) is 0 Å². The number of carbonyl (C=O) groups excluding carboxylic acids is 1. The van der Waals surface area contributed by atoms with Crippen molar-refractivity contribution in [2.24, 2.45) is 0 Å². The summed E-state index contributed by atoms with van der Waals surface area (Å²) in [6.45, 7) is 1.68. The molecule has 1 amide bonds. The number of aryl methyl sites for hydroxylation is 2. The Morgan fingerprint density at radius 2 is 2.15 bits per heavy atom. The van der Waals surface area contributed by atoms with Crippen molar-refractivity contribution in [2.75, 3.05) is 6.54 Å².